The number of nitrogens with zero attached hydrogens (tertiary/aromatic N) is 1. The van der Waals surface area contributed by atoms with E-state index in [4.69, 9.17) is 0 Å². The van der Waals surface area contributed by atoms with Gasteiger partial charge in [-0.3, -0.25) is 14.4 Å². The van der Waals surface area contributed by atoms with Crippen molar-refractivity contribution in [3.8, 4) is 0 Å². The molecule has 2 atom stereocenters. The molecule has 2 heterocycles. The van der Waals surface area contributed by atoms with Crippen LogP contribution in [0.5, 0.6) is 0 Å². The van der Waals surface area contributed by atoms with E-state index in [2.05, 4.69) is 40.2 Å². The molecule has 1 aliphatic rings. The zero-order chi connectivity index (χ0) is 20.3. The van der Waals surface area contributed by atoms with E-state index < -0.39 is 10.0 Å². The third-order valence-electron chi connectivity index (χ3n) is 5.20. The van der Waals surface area contributed by atoms with E-state index in [1.807, 2.05) is 0 Å². The number of anilines is 1. The molecule has 0 bridgehead atoms. The fraction of sp³-hybridized carbons (Fsp3) is 0.450. The van der Waals surface area contributed by atoms with Gasteiger partial charge < -0.3 is 5.32 Å². The Hall–Kier alpha value is -1.90. The van der Waals surface area contributed by atoms with Crippen LogP contribution in [0, 0.1) is 0 Å². The lowest BCUT2D eigenvalue weighted by atomic mass is 9.97. The van der Waals surface area contributed by atoms with Gasteiger partial charge in [0.1, 0.15) is 0 Å². The van der Waals surface area contributed by atoms with Crippen molar-refractivity contribution >= 4 is 33.0 Å². The van der Waals surface area contributed by atoms with Crippen molar-refractivity contribution in [2.24, 2.45) is 0 Å². The molecular weight excluding hydrogens is 394 g/mol. The monoisotopic (exact) mass is 421 g/mol. The molecule has 0 aliphatic carbocycles. The number of carbonyl (C=O) groups excluding carboxylic acids is 1. The number of thiophene rings is 1. The number of carbonyl (C=O) groups is 1. The average Bonchev–Trinajstić information content (AvgIpc) is 3.13. The summed E-state index contributed by atoms with van der Waals surface area (Å²) in [6.45, 7) is 7.39. The third kappa shape index (κ3) is 4.74. The molecule has 152 valence electrons. The van der Waals surface area contributed by atoms with Gasteiger partial charge in [0.2, 0.25) is 10.0 Å². The normalized spacial score (nSPS) is 19.8. The topological polar surface area (TPSA) is 78.5 Å². The van der Waals surface area contributed by atoms with E-state index in [1.165, 1.54) is 10.4 Å². The van der Waals surface area contributed by atoms with E-state index in [-0.39, 0.29) is 11.7 Å². The second-order valence-corrected chi connectivity index (χ2v) is 10.1. The lowest BCUT2D eigenvalue weighted by Gasteiger charge is -2.38. The predicted octanol–water partition coefficient (Wildman–Crippen LogP) is 3.25. The van der Waals surface area contributed by atoms with Crippen molar-refractivity contribution in [3.63, 3.8) is 0 Å². The maximum atomic E-state index is 12.4. The fourth-order valence-corrected chi connectivity index (χ4v) is 5.26. The number of sulfonamides is 1. The summed E-state index contributed by atoms with van der Waals surface area (Å²) in [5.74, 6) is -0.144. The largest absolute Gasteiger partial charge is 0.351 e. The zero-order valence-electron chi connectivity index (χ0n) is 16.4. The van der Waals surface area contributed by atoms with Crippen LogP contribution >= 0.6 is 11.3 Å². The second-order valence-electron chi connectivity index (χ2n) is 7.12. The smallest absolute Gasteiger partial charge is 0.251 e. The predicted molar refractivity (Wildman–Crippen MR) is 114 cm³/mol. The number of fused-ring (bicyclic) bond motifs is 1. The fourth-order valence-electron chi connectivity index (χ4n) is 3.61. The average molecular weight is 422 g/mol. The summed E-state index contributed by atoms with van der Waals surface area (Å²) in [5.41, 5.74) is 2.42. The Bertz CT molecular complexity index is 922. The molecule has 0 spiro atoms. The molecule has 2 aromatic rings. The van der Waals surface area contributed by atoms with Gasteiger partial charge in [0.25, 0.3) is 5.91 Å². The van der Waals surface area contributed by atoms with Crippen LogP contribution in [0.15, 0.2) is 35.7 Å². The SMILES string of the molecule is CCS(=O)(=O)Nc1ccc(C(=O)NCCN2C(C)Cc3ccsc3C2C)cc1. The first-order valence-corrected chi connectivity index (χ1v) is 12.0. The Balaban J connectivity index is 1.53. The van der Waals surface area contributed by atoms with Crippen molar-refractivity contribution in [1.82, 2.24) is 10.2 Å². The van der Waals surface area contributed by atoms with Gasteiger partial charge >= 0.3 is 0 Å². The van der Waals surface area contributed by atoms with E-state index >= 15 is 0 Å². The molecular formula is C20H27N3O3S2. The number of amides is 1. The van der Waals surface area contributed by atoms with E-state index in [0.29, 0.717) is 29.9 Å². The first kappa shape index (κ1) is 20.8. The Morgan fingerprint density at radius 2 is 1.93 bits per heavy atom. The summed E-state index contributed by atoms with van der Waals surface area (Å²) in [7, 11) is -3.32. The molecule has 8 heteroatoms. The van der Waals surface area contributed by atoms with Crippen LogP contribution in [0.3, 0.4) is 0 Å². The summed E-state index contributed by atoms with van der Waals surface area (Å²) < 4.78 is 25.7. The van der Waals surface area contributed by atoms with Gasteiger partial charge in [-0.15, -0.1) is 11.3 Å². The van der Waals surface area contributed by atoms with Gasteiger partial charge in [-0.2, -0.15) is 0 Å². The van der Waals surface area contributed by atoms with Gasteiger partial charge in [0.05, 0.1) is 5.75 Å². The first-order valence-electron chi connectivity index (χ1n) is 9.51. The highest BCUT2D eigenvalue weighted by atomic mass is 32.2. The molecule has 6 nitrogen and oxygen atoms in total. The van der Waals surface area contributed by atoms with Crippen molar-refractivity contribution in [1.29, 1.82) is 0 Å². The molecule has 3 rings (SSSR count). The molecule has 1 aromatic heterocycles. The first-order chi connectivity index (χ1) is 13.3. The van der Waals surface area contributed by atoms with E-state index in [9.17, 15) is 13.2 Å². The van der Waals surface area contributed by atoms with Crippen molar-refractivity contribution < 1.29 is 13.2 Å². The molecule has 1 aromatic carbocycles. The number of nitrogens with one attached hydrogen (secondary N) is 2. The van der Waals surface area contributed by atoms with Gasteiger partial charge in [0.15, 0.2) is 0 Å². The Morgan fingerprint density at radius 1 is 1.21 bits per heavy atom. The quantitative estimate of drug-likeness (QED) is 0.719. The number of rotatable bonds is 7. The van der Waals surface area contributed by atoms with Gasteiger partial charge in [-0.05, 0) is 68.5 Å². The third-order valence-corrected chi connectivity index (χ3v) is 7.63. The summed E-state index contributed by atoms with van der Waals surface area (Å²) in [5, 5.41) is 5.12. The molecule has 0 saturated carbocycles. The standard InChI is InChI=1S/C20H27N3O3S2/c1-4-28(25,26)22-18-7-5-16(6-8-18)20(24)21-10-11-23-14(2)13-17-9-12-27-19(17)15(23)3/h5-9,12,14-15,22H,4,10-11,13H2,1-3H3,(H,21,24). The molecule has 0 radical (unpaired) electrons. The van der Waals surface area contributed by atoms with Crippen LogP contribution in [0.2, 0.25) is 0 Å². The summed E-state index contributed by atoms with van der Waals surface area (Å²) in [6, 6.07) is 9.50. The molecule has 2 N–H and O–H groups in total. The van der Waals surface area contributed by atoms with Crippen molar-refractivity contribution in [2.45, 2.75) is 39.3 Å². The minimum absolute atomic E-state index is 0.00947. The highest BCUT2D eigenvalue weighted by Crippen LogP contribution is 2.35. The number of hydrogen-bond acceptors (Lipinski definition) is 5. The summed E-state index contributed by atoms with van der Waals surface area (Å²) >= 11 is 1.80. The van der Waals surface area contributed by atoms with Crippen molar-refractivity contribution in [2.75, 3.05) is 23.6 Å². The van der Waals surface area contributed by atoms with Crippen LogP contribution in [-0.2, 0) is 16.4 Å². The number of benzene rings is 1. The molecule has 0 saturated heterocycles. The maximum absolute atomic E-state index is 12.4. The molecule has 1 amide bonds. The van der Waals surface area contributed by atoms with Crippen molar-refractivity contribution in [3.05, 3.63) is 51.7 Å². The van der Waals surface area contributed by atoms with Gasteiger partial charge in [0, 0.05) is 41.3 Å². The van der Waals surface area contributed by atoms with E-state index in [1.54, 1.807) is 42.5 Å². The van der Waals surface area contributed by atoms with Gasteiger partial charge in [-0.25, -0.2) is 8.42 Å². The van der Waals surface area contributed by atoms with E-state index in [0.717, 1.165) is 13.0 Å². The summed E-state index contributed by atoms with van der Waals surface area (Å²) in [6.07, 6.45) is 1.05. The highest BCUT2D eigenvalue weighted by Gasteiger charge is 2.29. The molecule has 0 fully saturated rings. The molecule has 1 aliphatic heterocycles. The number of hydrogen-bond donors (Lipinski definition) is 2. The maximum Gasteiger partial charge on any atom is 0.251 e. The molecule has 2 unspecified atom stereocenters. The lowest BCUT2D eigenvalue weighted by Crippen LogP contribution is -2.44. The van der Waals surface area contributed by atoms with Crippen LogP contribution in [0.25, 0.3) is 0 Å². The second kappa shape index (κ2) is 8.63. The van der Waals surface area contributed by atoms with Gasteiger partial charge in [-0.1, -0.05) is 0 Å². The summed E-state index contributed by atoms with van der Waals surface area (Å²) in [4.78, 5) is 16.3. The zero-order valence-corrected chi connectivity index (χ0v) is 18.1. The Kier molecular flexibility index (Phi) is 6.42. The van der Waals surface area contributed by atoms with Crippen LogP contribution in [-0.4, -0.2) is 44.1 Å². The highest BCUT2D eigenvalue weighted by molar-refractivity contribution is 7.92. The van der Waals surface area contributed by atoms with Crippen LogP contribution < -0.4 is 10.0 Å². The minimum atomic E-state index is -3.32. The Labute approximate surface area is 171 Å². The van der Waals surface area contributed by atoms with Crippen LogP contribution in [0.1, 0.15) is 47.6 Å². The Morgan fingerprint density at radius 3 is 2.61 bits per heavy atom. The van der Waals surface area contributed by atoms with Crippen LogP contribution in [0.4, 0.5) is 5.69 Å². The lowest BCUT2D eigenvalue weighted by molar-refractivity contribution is 0.0930. The minimum Gasteiger partial charge on any atom is -0.351 e. The molecule has 28 heavy (non-hydrogen) atoms.